The van der Waals surface area contributed by atoms with Crippen molar-refractivity contribution in [1.82, 2.24) is 5.32 Å². The lowest BCUT2D eigenvalue weighted by Crippen LogP contribution is -2.58. The summed E-state index contributed by atoms with van der Waals surface area (Å²) in [6.45, 7) is 8.78. The lowest BCUT2D eigenvalue weighted by molar-refractivity contribution is -0.0373. The Morgan fingerprint density at radius 1 is 1.33 bits per heavy atom. The molecule has 2 aliphatic rings. The summed E-state index contributed by atoms with van der Waals surface area (Å²) in [5.41, 5.74) is 0.0505. The minimum Gasteiger partial charge on any atom is -0.376 e. The van der Waals surface area contributed by atoms with Crippen molar-refractivity contribution in [2.75, 3.05) is 31.2 Å². The summed E-state index contributed by atoms with van der Waals surface area (Å²) in [4.78, 5) is 0. The Hall–Kier alpha value is -0.130. The lowest BCUT2D eigenvalue weighted by Gasteiger charge is -2.47. The van der Waals surface area contributed by atoms with Gasteiger partial charge in [-0.25, -0.2) is 8.42 Å². The van der Waals surface area contributed by atoms with Gasteiger partial charge in [-0.2, -0.15) is 0 Å². The number of hydrogen-bond donors (Lipinski definition) is 1. The standard InChI is InChI=1S/C13H25NO3S/c1-12(2,3)17-6-5-13(9-14-10-13)11-4-7-18(15,16)8-11/h11,14H,4-10H2,1-3H3. The molecule has 0 saturated carbocycles. The normalized spacial score (nSPS) is 30.1. The molecule has 0 bridgehead atoms. The smallest absolute Gasteiger partial charge is 0.150 e. The van der Waals surface area contributed by atoms with Crippen molar-refractivity contribution in [3.05, 3.63) is 0 Å². The van der Waals surface area contributed by atoms with Gasteiger partial charge in [0, 0.05) is 25.1 Å². The Balaban J connectivity index is 1.91. The molecular weight excluding hydrogens is 250 g/mol. The molecule has 2 fully saturated rings. The molecule has 0 spiro atoms. The van der Waals surface area contributed by atoms with E-state index in [0.29, 0.717) is 17.4 Å². The second kappa shape index (κ2) is 4.76. The van der Waals surface area contributed by atoms with Crippen molar-refractivity contribution in [2.45, 2.75) is 39.2 Å². The number of rotatable bonds is 4. The molecule has 4 nitrogen and oxygen atoms in total. The van der Waals surface area contributed by atoms with Gasteiger partial charge in [-0.3, -0.25) is 0 Å². The van der Waals surface area contributed by atoms with Gasteiger partial charge in [0.05, 0.1) is 17.1 Å². The van der Waals surface area contributed by atoms with Gasteiger partial charge in [0.25, 0.3) is 0 Å². The number of nitrogens with one attached hydrogen (secondary N) is 1. The average molecular weight is 275 g/mol. The highest BCUT2D eigenvalue weighted by Crippen LogP contribution is 2.42. The van der Waals surface area contributed by atoms with Gasteiger partial charge in [-0.15, -0.1) is 0 Å². The molecule has 2 aliphatic heterocycles. The van der Waals surface area contributed by atoms with E-state index >= 15 is 0 Å². The number of ether oxygens (including phenoxy) is 1. The van der Waals surface area contributed by atoms with E-state index in [4.69, 9.17) is 4.74 Å². The monoisotopic (exact) mass is 275 g/mol. The predicted octanol–water partition coefficient (Wildman–Crippen LogP) is 1.22. The van der Waals surface area contributed by atoms with E-state index in [9.17, 15) is 8.42 Å². The van der Waals surface area contributed by atoms with E-state index in [2.05, 4.69) is 26.1 Å². The summed E-state index contributed by atoms with van der Waals surface area (Å²) in [5, 5.41) is 3.30. The molecule has 2 saturated heterocycles. The lowest BCUT2D eigenvalue weighted by atomic mass is 9.68. The van der Waals surface area contributed by atoms with E-state index in [1.807, 2.05) is 0 Å². The maximum atomic E-state index is 11.6. The molecule has 1 atom stereocenters. The quantitative estimate of drug-likeness (QED) is 0.838. The Labute approximate surface area is 110 Å². The first-order chi connectivity index (χ1) is 8.23. The molecule has 0 amide bonds. The zero-order chi connectivity index (χ0) is 13.4. The van der Waals surface area contributed by atoms with Crippen molar-refractivity contribution >= 4 is 9.84 Å². The molecular formula is C13H25NO3S. The third-order valence-corrected chi connectivity index (χ3v) is 5.96. The zero-order valence-electron chi connectivity index (χ0n) is 11.7. The topological polar surface area (TPSA) is 55.4 Å². The first-order valence-corrected chi connectivity index (χ1v) is 8.60. The van der Waals surface area contributed by atoms with Crippen LogP contribution in [0.15, 0.2) is 0 Å². The third-order valence-electron chi connectivity index (χ3n) is 4.19. The molecule has 5 heteroatoms. The molecule has 1 unspecified atom stereocenters. The molecule has 0 aliphatic carbocycles. The molecule has 0 aromatic rings. The van der Waals surface area contributed by atoms with E-state index in [1.165, 1.54) is 0 Å². The van der Waals surface area contributed by atoms with Crippen LogP contribution >= 0.6 is 0 Å². The van der Waals surface area contributed by atoms with Crippen molar-refractivity contribution in [2.24, 2.45) is 11.3 Å². The minimum absolute atomic E-state index is 0.111. The van der Waals surface area contributed by atoms with Gasteiger partial charge in [-0.05, 0) is 39.5 Å². The second-order valence-corrected chi connectivity index (χ2v) is 9.01. The highest BCUT2D eigenvalue weighted by molar-refractivity contribution is 7.91. The summed E-state index contributed by atoms with van der Waals surface area (Å²) >= 11 is 0. The third kappa shape index (κ3) is 3.25. The Morgan fingerprint density at radius 2 is 2.00 bits per heavy atom. The molecule has 106 valence electrons. The fourth-order valence-corrected chi connectivity index (χ4v) is 4.90. The van der Waals surface area contributed by atoms with Crippen molar-refractivity contribution < 1.29 is 13.2 Å². The van der Waals surface area contributed by atoms with Gasteiger partial charge in [0.15, 0.2) is 9.84 Å². The van der Waals surface area contributed by atoms with Gasteiger partial charge in [0.1, 0.15) is 0 Å². The Morgan fingerprint density at radius 3 is 2.39 bits per heavy atom. The van der Waals surface area contributed by atoms with Gasteiger partial charge in [-0.1, -0.05) is 0 Å². The first-order valence-electron chi connectivity index (χ1n) is 6.78. The highest BCUT2D eigenvalue weighted by Gasteiger charge is 2.48. The molecule has 2 rings (SSSR count). The van der Waals surface area contributed by atoms with Crippen molar-refractivity contribution in [3.63, 3.8) is 0 Å². The van der Waals surface area contributed by atoms with Crippen LogP contribution in [0.5, 0.6) is 0 Å². The van der Waals surface area contributed by atoms with Crippen molar-refractivity contribution in [3.8, 4) is 0 Å². The molecule has 0 aromatic carbocycles. The van der Waals surface area contributed by atoms with Gasteiger partial charge in [0.2, 0.25) is 0 Å². The Kier molecular flexibility index (Phi) is 3.78. The van der Waals surface area contributed by atoms with Crippen LogP contribution in [0.2, 0.25) is 0 Å². The maximum absolute atomic E-state index is 11.6. The van der Waals surface area contributed by atoms with Crippen LogP contribution in [-0.2, 0) is 14.6 Å². The summed E-state index contributed by atoms with van der Waals surface area (Å²) in [6, 6.07) is 0. The molecule has 1 N–H and O–H groups in total. The average Bonchev–Trinajstić information content (AvgIpc) is 2.49. The van der Waals surface area contributed by atoms with Crippen molar-refractivity contribution in [1.29, 1.82) is 0 Å². The van der Waals surface area contributed by atoms with E-state index in [-0.39, 0.29) is 11.0 Å². The van der Waals surface area contributed by atoms with Crippen LogP contribution < -0.4 is 5.32 Å². The highest BCUT2D eigenvalue weighted by atomic mass is 32.2. The molecule has 18 heavy (non-hydrogen) atoms. The van der Waals surface area contributed by atoms with Crippen LogP contribution in [0.25, 0.3) is 0 Å². The fraction of sp³-hybridized carbons (Fsp3) is 1.00. The summed E-state index contributed by atoms with van der Waals surface area (Å²) in [5.74, 6) is 1.08. The van der Waals surface area contributed by atoms with Crippen LogP contribution in [0.1, 0.15) is 33.6 Å². The molecule has 0 aromatic heterocycles. The number of sulfone groups is 1. The molecule has 0 radical (unpaired) electrons. The maximum Gasteiger partial charge on any atom is 0.150 e. The largest absolute Gasteiger partial charge is 0.376 e. The summed E-state index contributed by atoms with van der Waals surface area (Å²) in [6.07, 6.45) is 1.80. The van der Waals surface area contributed by atoms with E-state index < -0.39 is 9.84 Å². The minimum atomic E-state index is -2.78. The fourth-order valence-electron chi connectivity index (χ4n) is 2.95. The molecule has 2 heterocycles. The van der Waals surface area contributed by atoms with E-state index in [0.717, 1.165) is 32.5 Å². The Bertz CT molecular complexity index is 393. The second-order valence-electron chi connectivity index (χ2n) is 6.78. The van der Waals surface area contributed by atoms with Gasteiger partial charge >= 0.3 is 0 Å². The first kappa shape index (κ1) is 14.3. The SMILES string of the molecule is CC(C)(C)OCCC1(C2CCS(=O)(=O)C2)CNC1. The predicted molar refractivity (Wildman–Crippen MR) is 72.4 cm³/mol. The number of hydrogen-bond acceptors (Lipinski definition) is 4. The van der Waals surface area contributed by atoms with Gasteiger partial charge < -0.3 is 10.1 Å². The van der Waals surface area contributed by atoms with Crippen LogP contribution in [0.3, 0.4) is 0 Å². The summed E-state index contributed by atoms with van der Waals surface area (Å²) < 4.78 is 29.0. The summed E-state index contributed by atoms with van der Waals surface area (Å²) in [7, 11) is -2.78. The van der Waals surface area contributed by atoms with Crippen LogP contribution in [0.4, 0.5) is 0 Å². The van der Waals surface area contributed by atoms with Crippen LogP contribution in [0, 0.1) is 11.3 Å². The van der Waals surface area contributed by atoms with E-state index in [1.54, 1.807) is 0 Å². The zero-order valence-corrected chi connectivity index (χ0v) is 12.5. The van der Waals surface area contributed by atoms with Crippen LogP contribution in [-0.4, -0.2) is 45.2 Å².